The third-order valence-corrected chi connectivity index (χ3v) is 8.52. The van der Waals surface area contributed by atoms with E-state index in [9.17, 15) is 13.9 Å². The van der Waals surface area contributed by atoms with Gasteiger partial charge in [0.1, 0.15) is 16.7 Å². The zero-order valence-electron chi connectivity index (χ0n) is 21.8. The Balaban J connectivity index is 1.61. The molecule has 0 amide bonds. The number of para-hydroxylation sites is 1. The molecule has 1 aliphatic heterocycles. The highest BCUT2D eigenvalue weighted by Gasteiger charge is 2.34. The van der Waals surface area contributed by atoms with Crippen molar-refractivity contribution >= 4 is 16.7 Å². The zero-order chi connectivity index (χ0) is 26.6. The van der Waals surface area contributed by atoms with Gasteiger partial charge in [-0.1, -0.05) is 30.3 Å². The highest BCUT2D eigenvalue weighted by atomic mass is 32.3. The first-order valence-corrected chi connectivity index (χ1v) is 14.1. The highest BCUT2D eigenvalue weighted by molar-refractivity contribution is 8.22. The number of rotatable bonds is 9. The van der Waals surface area contributed by atoms with E-state index in [2.05, 4.69) is 16.3 Å². The van der Waals surface area contributed by atoms with Crippen LogP contribution in [0.15, 0.2) is 53.6 Å². The Morgan fingerprint density at radius 3 is 2.78 bits per heavy atom. The Kier molecular flexibility index (Phi) is 8.53. The minimum absolute atomic E-state index is 0.0760. The smallest absolute Gasteiger partial charge is 0.306 e. The van der Waals surface area contributed by atoms with Crippen molar-refractivity contribution in [2.45, 2.75) is 63.5 Å². The molecule has 1 aromatic heterocycles. The number of carbonyl (C=O) groups excluding carboxylic acids is 1. The molecule has 37 heavy (non-hydrogen) atoms. The van der Waals surface area contributed by atoms with E-state index >= 15 is 0 Å². The van der Waals surface area contributed by atoms with Gasteiger partial charge in [-0.3, -0.25) is 13.9 Å². The number of ether oxygens (including phenoxy) is 2. The molecule has 0 fully saturated rings. The van der Waals surface area contributed by atoms with Crippen LogP contribution >= 0.6 is 10.8 Å². The molecule has 2 heterocycles. The van der Waals surface area contributed by atoms with Crippen LogP contribution in [0.2, 0.25) is 0 Å². The molecule has 1 aliphatic rings. The van der Waals surface area contributed by atoms with Crippen molar-refractivity contribution in [3.8, 4) is 5.75 Å². The van der Waals surface area contributed by atoms with Crippen molar-refractivity contribution in [2.24, 2.45) is 7.05 Å². The lowest BCUT2D eigenvalue weighted by Gasteiger charge is -2.42. The predicted octanol–water partition coefficient (Wildman–Crippen LogP) is 5.10. The van der Waals surface area contributed by atoms with Gasteiger partial charge in [0.15, 0.2) is 0 Å². The topological polar surface area (TPSA) is 110 Å². The van der Waals surface area contributed by atoms with Crippen molar-refractivity contribution in [2.75, 3.05) is 13.2 Å². The first-order chi connectivity index (χ1) is 17.7. The van der Waals surface area contributed by atoms with Gasteiger partial charge in [-0.05, 0) is 68.4 Å². The second kappa shape index (κ2) is 11.6. The Morgan fingerprint density at radius 1 is 1.27 bits per heavy atom. The number of esters is 1. The largest absolute Gasteiger partial charge is 0.487 e. The van der Waals surface area contributed by atoms with Crippen LogP contribution in [-0.2, 0) is 29.5 Å². The van der Waals surface area contributed by atoms with Crippen LogP contribution in [0.25, 0.3) is 0 Å². The van der Waals surface area contributed by atoms with Crippen molar-refractivity contribution < 1.29 is 23.4 Å². The van der Waals surface area contributed by atoms with E-state index < -0.39 is 10.8 Å². The lowest BCUT2D eigenvalue weighted by molar-refractivity contribution is -0.143. The summed E-state index contributed by atoms with van der Waals surface area (Å²) in [5.74, 6) is 0.187. The zero-order valence-corrected chi connectivity index (χ0v) is 22.6. The van der Waals surface area contributed by atoms with E-state index in [1.807, 2.05) is 32.0 Å². The summed E-state index contributed by atoms with van der Waals surface area (Å²) in [6, 6.07) is 13.2. The molecule has 2 aromatic carbocycles. The molecular formula is C27H36N4O5S. The van der Waals surface area contributed by atoms with Crippen LogP contribution in [0.3, 0.4) is 0 Å². The van der Waals surface area contributed by atoms with Crippen molar-refractivity contribution in [3.63, 3.8) is 0 Å². The standard InChI is InChI=1S/C27H36N4O5S/c1-5-35-27(32)15-22(12-13-24-16-28-30(4)29-24)21-11-10-19(2)23(14-21)18-31-17-20(3)36-25-8-6-7-9-26(25)37(31,33)34/h6-11,14,16,20,22,33-34H,5,12-13,15,17-18H2,1-4H3/t20-,22?/m1/s1. The van der Waals surface area contributed by atoms with Crippen LogP contribution in [0, 0.1) is 6.92 Å². The maximum atomic E-state index is 12.4. The number of fused-ring (bicyclic) bond motifs is 1. The molecule has 0 saturated carbocycles. The fraction of sp³-hybridized carbons (Fsp3) is 0.444. The minimum Gasteiger partial charge on any atom is -0.487 e. The first-order valence-electron chi connectivity index (χ1n) is 12.6. The SMILES string of the molecule is CCOC(=O)CC(CCc1cnn(C)n1)c1ccc(C)c(CN2C[C@@H](C)Oc3ccccc3S2(O)O)c1. The van der Waals surface area contributed by atoms with Crippen LogP contribution in [-0.4, -0.2) is 53.6 Å². The average molecular weight is 529 g/mol. The summed E-state index contributed by atoms with van der Waals surface area (Å²) in [7, 11) is -1.47. The molecule has 0 spiro atoms. The quantitative estimate of drug-likeness (QED) is 0.369. The molecular weight excluding hydrogens is 492 g/mol. The highest BCUT2D eigenvalue weighted by Crippen LogP contribution is 2.57. The number of hydrogen-bond donors (Lipinski definition) is 2. The predicted molar refractivity (Wildman–Crippen MR) is 143 cm³/mol. The molecule has 3 aromatic rings. The van der Waals surface area contributed by atoms with Crippen molar-refractivity contribution in [3.05, 3.63) is 71.0 Å². The lowest BCUT2D eigenvalue weighted by Crippen LogP contribution is -2.33. The van der Waals surface area contributed by atoms with Crippen molar-refractivity contribution in [1.82, 2.24) is 19.3 Å². The molecule has 0 bridgehead atoms. The number of aromatic nitrogens is 3. The molecule has 9 nitrogen and oxygen atoms in total. The Bertz CT molecular complexity index is 1230. The van der Waals surface area contributed by atoms with Gasteiger partial charge in [0.05, 0.1) is 31.5 Å². The lowest BCUT2D eigenvalue weighted by atomic mass is 9.88. The molecule has 10 heteroatoms. The summed E-state index contributed by atoms with van der Waals surface area (Å²) < 4.78 is 35.6. The van der Waals surface area contributed by atoms with Gasteiger partial charge in [-0.2, -0.15) is 19.3 Å². The summed E-state index contributed by atoms with van der Waals surface area (Å²) >= 11 is 0. The van der Waals surface area contributed by atoms with Gasteiger partial charge >= 0.3 is 5.97 Å². The first kappa shape index (κ1) is 27.1. The van der Waals surface area contributed by atoms with Gasteiger partial charge in [0.25, 0.3) is 0 Å². The summed E-state index contributed by atoms with van der Waals surface area (Å²) in [5.41, 5.74) is 3.88. The average Bonchev–Trinajstić information content (AvgIpc) is 3.24. The fourth-order valence-electron chi connectivity index (χ4n) is 4.65. The monoisotopic (exact) mass is 528 g/mol. The second-order valence-corrected chi connectivity index (χ2v) is 11.5. The third kappa shape index (κ3) is 6.51. The van der Waals surface area contributed by atoms with Gasteiger partial charge < -0.3 is 9.47 Å². The summed E-state index contributed by atoms with van der Waals surface area (Å²) in [5, 5.41) is 8.51. The summed E-state index contributed by atoms with van der Waals surface area (Å²) in [4.78, 5) is 14.4. The number of hydrogen-bond acceptors (Lipinski definition) is 8. The molecule has 2 atom stereocenters. The molecule has 0 aliphatic carbocycles. The van der Waals surface area contributed by atoms with Crippen molar-refractivity contribution in [1.29, 1.82) is 0 Å². The number of carbonyl (C=O) groups is 1. The number of benzene rings is 2. The summed E-state index contributed by atoms with van der Waals surface area (Å²) in [6.45, 7) is 6.77. The van der Waals surface area contributed by atoms with E-state index in [0.29, 0.717) is 43.2 Å². The molecule has 1 unspecified atom stereocenters. The van der Waals surface area contributed by atoms with E-state index in [4.69, 9.17) is 9.47 Å². The van der Waals surface area contributed by atoms with Crippen LogP contribution < -0.4 is 4.74 Å². The van der Waals surface area contributed by atoms with E-state index in [1.54, 1.807) is 42.7 Å². The summed E-state index contributed by atoms with van der Waals surface area (Å²) in [6.07, 6.45) is 3.17. The van der Waals surface area contributed by atoms with Gasteiger partial charge in [0.2, 0.25) is 0 Å². The van der Waals surface area contributed by atoms with Gasteiger partial charge in [-0.25, -0.2) is 0 Å². The Hall–Kier alpha value is -2.92. The van der Waals surface area contributed by atoms with E-state index in [-0.39, 0.29) is 24.4 Å². The molecule has 4 rings (SSSR count). The van der Waals surface area contributed by atoms with Crippen LogP contribution in [0.5, 0.6) is 5.75 Å². The second-order valence-electron chi connectivity index (χ2n) is 9.47. The van der Waals surface area contributed by atoms with Crippen LogP contribution in [0.4, 0.5) is 0 Å². The van der Waals surface area contributed by atoms with Gasteiger partial charge in [-0.15, -0.1) is 10.8 Å². The number of aryl methyl sites for hydroxylation is 3. The van der Waals surface area contributed by atoms with Crippen LogP contribution in [0.1, 0.15) is 55.0 Å². The Labute approximate surface area is 219 Å². The van der Waals surface area contributed by atoms with E-state index in [0.717, 1.165) is 22.4 Å². The molecule has 0 saturated heterocycles. The maximum absolute atomic E-state index is 12.4. The molecule has 200 valence electrons. The molecule has 0 radical (unpaired) electrons. The Morgan fingerprint density at radius 2 is 2.05 bits per heavy atom. The third-order valence-electron chi connectivity index (χ3n) is 6.60. The van der Waals surface area contributed by atoms with E-state index in [1.165, 1.54) is 4.80 Å². The maximum Gasteiger partial charge on any atom is 0.306 e. The minimum atomic E-state index is -3.25. The number of nitrogens with zero attached hydrogens (tertiary/aromatic N) is 4. The normalized spacial score (nSPS) is 18.8. The molecule has 2 N–H and O–H groups in total. The van der Waals surface area contributed by atoms with Gasteiger partial charge in [0, 0.05) is 13.6 Å². The fourth-order valence-corrected chi connectivity index (χ4v) is 6.31.